The van der Waals surface area contributed by atoms with Gasteiger partial charge in [0.15, 0.2) is 0 Å². The number of aliphatic carboxylic acids is 1. The maximum Gasteiger partial charge on any atom is 0.119 e. The Labute approximate surface area is 82.0 Å². The van der Waals surface area contributed by atoms with Gasteiger partial charge in [0.1, 0.15) is 5.75 Å². The fraction of sp³-hybridized carbons (Fsp3) is 0.300. The van der Waals surface area contributed by atoms with E-state index in [0.717, 1.165) is 0 Å². The third-order valence-corrected chi connectivity index (χ3v) is 2.12. The van der Waals surface area contributed by atoms with Crippen molar-refractivity contribution < 1.29 is 15.0 Å². The average Bonchev–Trinajstić information content (AvgIpc) is 2.11. The van der Waals surface area contributed by atoms with Gasteiger partial charge in [0.05, 0.1) is 0 Å². The molecule has 0 saturated heterocycles. The van der Waals surface area contributed by atoms with Crippen molar-refractivity contribution in [3.8, 4) is 5.75 Å². The van der Waals surface area contributed by atoms with Gasteiger partial charge in [-0.2, -0.15) is 0 Å². The molecule has 1 rings (SSSR count). The van der Waals surface area contributed by atoms with Crippen molar-refractivity contribution in [3.63, 3.8) is 0 Å². The number of benzene rings is 1. The van der Waals surface area contributed by atoms with Gasteiger partial charge in [-0.3, -0.25) is 0 Å². The van der Waals surface area contributed by atoms with Crippen LogP contribution in [0.25, 0.3) is 0 Å². The van der Waals surface area contributed by atoms with Crippen molar-refractivity contribution in [1.29, 1.82) is 0 Å². The number of nitrogen functional groups attached to an aromatic ring is 1. The molecule has 0 bridgehead atoms. The monoisotopic (exact) mass is 194 g/mol. The third kappa shape index (κ3) is 1.96. The molecule has 0 heterocycles. The highest BCUT2D eigenvalue weighted by Crippen LogP contribution is 2.29. The Hall–Kier alpha value is -1.71. The van der Waals surface area contributed by atoms with E-state index in [4.69, 9.17) is 5.73 Å². The molecule has 1 aromatic carbocycles. The molecule has 76 valence electrons. The lowest BCUT2D eigenvalue weighted by molar-refractivity contribution is -0.308. The van der Waals surface area contributed by atoms with Gasteiger partial charge in [-0.05, 0) is 24.6 Å². The average molecular weight is 194 g/mol. The summed E-state index contributed by atoms with van der Waals surface area (Å²) in [6, 6.07) is 4.36. The Bertz CT molecular complexity index is 349. The molecule has 0 fully saturated rings. The first-order valence-corrected chi connectivity index (χ1v) is 4.35. The Morgan fingerprint density at radius 3 is 2.79 bits per heavy atom. The van der Waals surface area contributed by atoms with Gasteiger partial charge >= 0.3 is 0 Å². The molecule has 0 amide bonds. The van der Waals surface area contributed by atoms with E-state index in [-0.39, 0.29) is 5.75 Å². The van der Waals surface area contributed by atoms with Crippen LogP contribution in [0.4, 0.5) is 5.69 Å². The van der Waals surface area contributed by atoms with Crippen LogP contribution in [0.5, 0.6) is 5.75 Å². The number of anilines is 1. The van der Waals surface area contributed by atoms with Crippen molar-refractivity contribution in [1.82, 2.24) is 0 Å². The first-order valence-electron chi connectivity index (χ1n) is 4.35. The zero-order chi connectivity index (χ0) is 10.7. The molecule has 0 aliphatic heterocycles. The lowest BCUT2D eigenvalue weighted by atomic mass is 9.95. The number of nitrogens with two attached hydrogens (primary N) is 1. The zero-order valence-corrected chi connectivity index (χ0v) is 7.86. The van der Waals surface area contributed by atoms with E-state index in [1.807, 2.05) is 0 Å². The molecule has 0 spiro atoms. The van der Waals surface area contributed by atoms with E-state index in [0.29, 0.717) is 17.7 Å². The molecular formula is C10H12NO3-. The van der Waals surface area contributed by atoms with E-state index in [1.165, 1.54) is 18.2 Å². The second-order valence-electron chi connectivity index (χ2n) is 3.10. The number of hydrogen-bond acceptors (Lipinski definition) is 4. The second kappa shape index (κ2) is 4.00. The maximum absolute atomic E-state index is 10.7. The van der Waals surface area contributed by atoms with Gasteiger partial charge < -0.3 is 20.7 Å². The maximum atomic E-state index is 10.7. The van der Waals surface area contributed by atoms with Crippen LogP contribution in [0.1, 0.15) is 24.8 Å². The van der Waals surface area contributed by atoms with Crippen LogP contribution in [-0.2, 0) is 4.79 Å². The van der Waals surface area contributed by atoms with E-state index in [1.54, 1.807) is 6.92 Å². The van der Waals surface area contributed by atoms with E-state index in [9.17, 15) is 15.0 Å². The van der Waals surface area contributed by atoms with E-state index < -0.39 is 11.9 Å². The minimum absolute atomic E-state index is 0.0600. The molecule has 14 heavy (non-hydrogen) atoms. The normalized spacial score (nSPS) is 12.4. The van der Waals surface area contributed by atoms with Crippen molar-refractivity contribution in [2.24, 2.45) is 0 Å². The molecule has 1 aromatic rings. The van der Waals surface area contributed by atoms with Crippen molar-refractivity contribution in [3.05, 3.63) is 23.8 Å². The molecule has 0 aromatic heterocycles. The smallest absolute Gasteiger partial charge is 0.119 e. The number of phenolic OH excluding ortho intramolecular Hbond substituents is 1. The molecule has 1 atom stereocenters. The second-order valence-corrected chi connectivity index (χ2v) is 3.10. The van der Waals surface area contributed by atoms with Crippen molar-refractivity contribution in [2.45, 2.75) is 19.3 Å². The molecule has 0 aliphatic rings. The SMILES string of the molecule is CCC(C(=O)[O-])c1cc(N)ccc1O. The minimum atomic E-state index is -1.20. The van der Waals surface area contributed by atoms with Crippen LogP contribution >= 0.6 is 0 Å². The van der Waals surface area contributed by atoms with Gasteiger partial charge in [0, 0.05) is 23.1 Å². The Morgan fingerprint density at radius 2 is 2.29 bits per heavy atom. The standard InChI is InChI=1S/C10H13NO3/c1-2-7(10(13)14)8-5-6(11)3-4-9(8)12/h3-5,7,12H,2,11H2,1H3,(H,13,14)/p-1. The molecule has 4 heteroatoms. The number of carbonyl (C=O) groups excluding carboxylic acids is 1. The summed E-state index contributed by atoms with van der Waals surface area (Å²) in [5.41, 5.74) is 6.24. The summed E-state index contributed by atoms with van der Waals surface area (Å²) in [6.45, 7) is 1.71. The first kappa shape index (κ1) is 10.4. The highest BCUT2D eigenvalue weighted by molar-refractivity contribution is 5.75. The Morgan fingerprint density at radius 1 is 1.64 bits per heavy atom. The van der Waals surface area contributed by atoms with E-state index >= 15 is 0 Å². The number of aromatic hydroxyl groups is 1. The third-order valence-electron chi connectivity index (χ3n) is 2.12. The number of carboxylic acid groups (broad SMARTS) is 1. The topological polar surface area (TPSA) is 86.4 Å². The zero-order valence-electron chi connectivity index (χ0n) is 7.86. The lowest BCUT2D eigenvalue weighted by Gasteiger charge is -2.17. The summed E-state index contributed by atoms with van der Waals surface area (Å²) in [5, 5.41) is 20.2. The van der Waals surface area contributed by atoms with Gasteiger partial charge in [0.25, 0.3) is 0 Å². The van der Waals surface area contributed by atoms with Crippen molar-refractivity contribution in [2.75, 3.05) is 5.73 Å². The number of carboxylic acids is 1. The summed E-state index contributed by atoms with van der Waals surface area (Å²) in [7, 11) is 0. The summed E-state index contributed by atoms with van der Waals surface area (Å²) < 4.78 is 0. The van der Waals surface area contributed by atoms with Gasteiger partial charge in [-0.1, -0.05) is 6.92 Å². The van der Waals surface area contributed by atoms with Crippen LogP contribution in [0.2, 0.25) is 0 Å². The minimum Gasteiger partial charge on any atom is -0.549 e. The first-order chi connectivity index (χ1) is 6.56. The van der Waals surface area contributed by atoms with Gasteiger partial charge in [0.2, 0.25) is 0 Å². The summed E-state index contributed by atoms with van der Waals surface area (Å²) >= 11 is 0. The van der Waals surface area contributed by atoms with Crippen LogP contribution in [0.15, 0.2) is 18.2 Å². The number of phenols is 1. The van der Waals surface area contributed by atoms with Gasteiger partial charge in [-0.15, -0.1) is 0 Å². The molecule has 0 radical (unpaired) electrons. The lowest BCUT2D eigenvalue weighted by Crippen LogP contribution is -2.29. The predicted molar refractivity (Wildman–Crippen MR) is 50.6 cm³/mol. The number of carbonyl (C=O) groups is 1. The Kier molecular flexibility index (Phi) is 2.96. The van der Waals surface area contributed by atoms with Crippen LogP contribution in [0.3, 0.4) is 0 Å². The molecule has 4 nitrogen and oxygen atoms in total. The van der Waals surface area contributed by atoms with Crippen LogP contribution in [0, 0.1) is 0 Å². The predicted octanol–water partition coefficient (Wildman–Crippen LogP) is 0.218. The fourth-order valence-electron chi connectivity index (χ4n) is 1.37. The summed E-state index contributed by atoms with van der Waals surface area (Å²) in [6.07, 6.45) is 0.360. The molecule has 1 unspecified atom stereocenters. The fourth-order valence-corrected chi connectivity index (χ4v) is 1.37. The molecule has 0 aliphatic carbocycles. The van der Waals surface area contributed by atoms with Crippen LogP contribution < -0.4 is 10.8 Å². The quantitative estimate of drug-likeness (QED) is 0.532. The largest absolute Gasteiger partial charge is 0.549 e. The highest BCUT2D eigenvalue weighted by atomic mass is 16.4. The van der Waals surface area contributed by atoms with Crippen LogP contribution in [-0.4, -0.2) is 11.1 Å². The number of hydrogen-bond donors (Lipinski definition) is 2. The number of rotatable bonds is 3. The summed E-state index contributed by atoms with van der Waals surface area (Å²) in [4.78, 5) is 10.7. The molecular weight excluding hydrogens is 182 g/mol. The molecule has 0 saturated carbocycles. The molecule has 3 N–H and O–H groups in total. The van der Waals surface area contributed by atoms with Crippen molar-refractivity contribution >= 4 is 11.7 Å². The Balaban J connectivity index is 3.15. The van der Waals surface area contributed by atoms with Gasteiger partial charge in [-0.25, -0.2) is 0 Å². The summed E-state index contributed by atoms with van der Waals surface area (Å²) in [5.74, 6) is -2.07. The highest BCUT2D eigenvalue weighted by Gasteiger charge is 2.14. The van der Waals surface area contributed by atoms with E-state index in [2.05, 4.69) is 0 Å².